The summed E-state index contributed by atoms with van der Waals surface area (Å²) in [4.78, 5) is 4.47. The summed E-state index contributed by atoms with van der Waals surface area (Å²) in [6, 6.07) is 9.79. The summed E-state index contributed by atoms with van der Waals surface area (Å²) in [6.45, 7) is 4.33. The summed E-state index contributed by atoms with van der Waals surface area (Å²) in [5, 5.41) is 8.54. The van der Waals surface area contributed by atoms with Gasteiger partial charge in [0.05, 0.1) is 31.3 Å². The Bertz CT molecular complexity index is 647. The lowest BCUT2D eigenvalue weighted by Gasteiger charge is -2.16. The monoisotopic (exact) mass is 353 g/mol. The molecule has 0 unspecified atom stereocenters. The molecule has 1 aromatic carbocycles. The van der Waals surface area contributed by atoms with Crippen LogP contribution in [0.1, 0.15) is 13.8 Å². The molecule has 0 spiro atoms. The molecular formula is C15H20N3O3PS. The quantitative estimate of drug-likeness (QED) is 0.500. The maximum atomic E-state index is 12.4. The molecule has 0 amide bonds. The predicted molar refractivity (Wildman–Crippen MR) is 91.7 cm³/mol. The number of hydrogen-bond acceptors (Lipinski definition) is 7. The molecule has 0 fully saturated rings. The fourth-order valence-electron chi connectivity index (χ4n) is 1.90. The van der Waals surface area contributed by atoms with Crippen LogP contribution in [0.5, 0.6) is 0 Å². The van der Waals surface area contributed by atoms with Crippen LogP contribution in [0.25, 0.3) is 11.3 Å². The first-order valence-electron chi connectivity index (χ1n) is 7.43. The minimum Gasteiger partial charge on any atom is -0.309 e. The normalized spacial score (nSPS) is 11.6. The molecule has 8 heteroatoms. The van der Waals surface area contributed by atoms with Crippen molar-refractivity contribution in [1.29, 1.82) is 0 Å². The van der Waals surface area contributed by atoms with E-state index < -0.39 is 7.60 Å². The summed E-state index contributed by atoms with van der Waals surface area (Å²) >= 11 is 1.39. The highest BCUT2D eigenvalue weighted by Gasteiger charge is 2.23. The molecule has 0 saturated heterocycles. The van der Waals surface area contributed by atoms with Crippen molar-refractivity contribution in [3.8, 4) is 11.3 Å². The number of benzene rings is 1. The molecule has 124 valence electrons. The molecule has 0 N–H and O–H groups in total. The Morgan fingerprint density at radius 1 is 1.13 bits per heavy atom. The van der Waals surface area contributed by atoms with Gasteiger partial charge in [0.2, 0.25) is 5.16 Å². The zero-order valence-corrected chi connectivity index (χ0v) is 14.9. The standard InChI is InChI=1S/C15H20N3O3PS/c1-3-20-22(19,21-4-2)10-11-23-15-17-14(12-16-18-15)13-8-6-5-7-9-13/h5-9,12H,3-4,10-11H2,1-2H3. The lowest BCUT2D eigenvalue weighted by Crippen LogP contribution is -2.03. The molecule has 0 saturated carbocycles. The first kappa shape index (κ1) is 18.1. The van der Waals surface area contributed by atoms with Crippen LogP contribution in [0.15, 0.2) is 41.7 Å². The minimum absolute atomic E-state index is 0.318. The Morgan fingerprint density at radius 2 is 1.83 bits per heavy atom. The topological polar surface area (TPSA) is 74.2 Å². The molecule has 6 nitrogen and oxygen atoms in total. The van der Waals surface area contributed by atoms with E-state index in [4.69, 9.17) is 9.05 Å². The molecular weight excluding hydrogens is 333 g/mol. The van der Waals surface area contributed by atoms with Gasteiger partial charge >= 0.3 is 7.60 Å². The van der Waals surface area contributed by atoms with Gasteiger partial charge in [0.15, 0.2) is 0 Å². The Labute approximate surface area is 140 Å². The van der Waals surface area contributed by atoms with Crippen molar-refractivity contribution in [2.75, 3.05) is 25.1 Å². The van der Waals surface area contributed by atoms with Crippen LogP contribution in [0.3, 0.4) is 0 Å². The average molecular weight is 353 g/mol. The van der Waals surface area contributed by atoms with Crippen LogP contribution in [0, 0.1) is 0 Å². The maximum Gasteiger partial charge on any atom is 0.331 e. The van der Waals surface area contributed by atoms with Gasteiger partial charge in [-0.3, -0.25) is 4.57 Å². The third kappa shape index (κ3) is 5.70. The van der Waals surface area contributed by atoms with E-state index in [1.54, 1.807) is 20.0 Å². The van der Waals surface area contributed by atoms with Crippen LogP contribution in [-0.2, 0) is 13.6 Å². The van der Waals surface area contributed by atoms with Crippen molar-refractivity contribution in [2.45, 2.75) is 19.0 Å². The molecule has 0 aliphatic carbocycles. The fourth-order valence-corrected chi connectivity index (χ4v) is 4.73. The number of aromatic nitrogens is 3. The molecule has 23 heavy (non-hydrogen) atoms. The van der Waals surface area contributed by atoms with Gasteiger partial charge in [-0.15, -0.1) is 5.10 Å². The first-order chi connectivity index (χ1) is 11.2. The van der Waals surface area contributed by atoms with E-state index in [2.05, 4.69) is 15.2 Å². The number of thioether (sulfide) groups is 1. The van der Waals surface area contributed by atoms with Gasteiger partial charge in [-0.1, -0.05) is 42.1 Å². The Balaban J connectivity index is 1.97. The summed E-state index contributed by atoms with van der Waals surface area (Å²) in [6.07, 6.45) is 1.95. The van der Waals surface area contributed by atoms with E-state index in [1.807, 2.05) is 30.3 Å². The van der Waals surface area contributed by atoms with Crippen LogP contribution in [0.4, 0.5) is 0 Å². The van der Waals surface area contributed by atoms with Gasteiger partial charge < -0.3 is 9.05 Å². The maximum absolute atomic E-state index is 12.4. The van der Waals surface area contributed by atoms with Gasteiger partial charge in [0.1, 0.15) is 0 Å². The third-order valence-electron chi connectivity index (χ3n) is 2.86. The minimum atomic E-state index is -3.02. The summed E-state index contributed by atoms with van der Waals surface area (Å²) in [5.41, 5.74) is 1.75. The van der Waals surface area contributed by atoms with Crippen molar-refractivity contribution in [1.82, 2.24) is 15.2 Å². The van der Waals surface area contributed by atoms with E-state index in [1.165, 1.54) is 11.8 Å². The average Bonchev–Trinajstić information content (AvgIpc) is 2.56. The summed E-state index contributed by atoms with van der Waals surface area (Å²) < 4.78 is 22.9. The van der Waals surface area contributed by atoms with Crippen molar-refractivity contribution < 1.29 is 13.6 Å². The zero-order chi connectivity index (χ0) is 16.5. The van der Waals surface area contributed by atoms with Crippen LogP contribution in [0.2, 0.25) is 0 Å². The van der Waals surface area contributed by atoms with Crippen LogP contribution < -0.4 is 0 Å². The van der Waals surface area contributed by atoms with E-state index in [9.17, 15) is 4.57 Å². The molecule has 1 aromatic heterocycles. The van der Waals surface area contributed by atoms with Crippen LogP contribution >= 0.6 is 19.4 Å². The lowest BCUT2D eigenvalue weighted by molar-refractivity contribution is 0.221. The zero-order valence-electron chi connectivity index (χ0n) is 13.2. The smallest absolute Gasteiger partial charge is 0.309 e. The molecule has 0 atom stereocenters. The van der Waals surface area contributed by atoms with Gasteiger partial charge in [0.25, 0.3) is 0 Å². The molecule has 1 heterocycles. The Kier molecular flexibility index (Phi) is 7.17. The summed E-state index contributed by atoms with van der Waals surface area (Å²) in [5.74, 6) is 0.539. The second-order valence-corrected chi connectivity index (χ2v) is 7.76. The van der Waals surface area contributed by atoms with Gasteiger partial charge in [-0.25, -0.2) is 4.98 Å². The number of nitrogens with zero attached hydrogens (tertiary/aromatic N) is 3. The van der Waals surface area contributed by atoms with Gasteiger partial charge in [-0.2, -0.15) is 5.10 Å². The lowest BCUT2D eigenvalue weighted by atomic mass is 10.2. The second kappa shape index (κ2) is 9.13. The van der Waals surface area contributed by atoms with Crippen LogP contribution in [-0.4, -0.2) is 40.3 Å². The first-order valence-corrected chi connectivity index (χ1v) is 10.1. The molecule has 0 aliphatic heterocycles. The largest absolute Gasteiger partial charge is 0.331 e. The molecule has 0 aliphatic rings. The number of rotatable bonds is 9. The van der Waals surface area contributed by atoms with E-state index in [-0.39, 0.29) is 0 Å². The van der Waals surface area contributed by atoms with Gasteiger partial charge in [-0.05, 0) is 13.8 Å². The van der Waals surface area contributed by atoms with Crippen molar-refractivity contribution in [3.05, 3.63) is 36.5 Å². The molecule has 2 rings (SSSR count). The Hall–Kier alpha value is -1.27. The highest BCUT2D eigenvalue weighted by molar-refractivity contribution is 7.99. The van der Waals surface area contributed by atoms with E-state index in [0.29, 0.717) is 30.3 Å². The van der Waals surface area contributed by atoms with E-state index >= 15 is 0 Å². The molecule has 0 bridgehead atoms. The number of hydrogen-bond donors (Lipinski definition) is 0. The van der Waals surface area contributed by atoms with Gasteiger partial charge in [0, 0.05) is 11.3 Å². The highest BCUT2D eigenvalue weighted by Crippen LogP contribution is 2.48. The molecule has 2 aromatic rings. The SMILES string of the molecule is CCOP(=O)(CCSc1nncc(-c2ccccc2)n1)OCC. The summed E-state index contributed by atoms with van der Waals surface area (Å²) in [7, 11) is -3.02. The van der Waals surface area contributed by atoms with Crippen molar-refractivity contribution in [3.63, 3.8) is 0 Å². The second-order valence-electron chi connectivity index (χ2n) is 4.51. The van der Waals surface area contributed by atoms with Crippen molar-refractivity contribution in [2.24, 2.45) is 0 Å². The highest BCUT2D eigenvalue weighted by atomic mass is 32.2. The third-order valence-corrected chi connectivity index (χ3v) is 6.07. The Morgan fingerprint density at radius 3 is 2.48 bits per heavy atom. The van der Waals surface area contributed by atoms with Crippen molar-refractivity contribution >= 4 is 19.4 Å². The predicted octanol–water partition coefficient (Wildman–Crippen LogP) is 3.90. The fraction of sp³-hybridized carbons (Fsp3) is 0.400. The molecule has 0 radical (unpaired) electrons. The van der Waals surface area contributed by atoms with E-state index in [0.717, 1.165) is 11.3 Å².